The lowest BCUT2D eigenvalue weighted by molar-refractivity contribution is -0.118. The van der Waals surface area contributed by atoms with Crippen molar-refractivity contribution in [2.75, 3.05) is 43.1 Å². The number of hydrogen-bond donors (Lipinski definition) is 3. The highest BCUT2D eigenvalue weighted by molar-refractivity contribution is 5.95. The van der Waals surface area contributed by atoms with Crippen molar-refractivity contribution in [2.45, 2.75) is 43.7 Å². The Morgan fingerprint density at radius 2 is 2.05 bits per heavy atom. The number of hydrogen-bond acceptors (Lipinski definition) is 8. The maximum Gasteiger partial charge on any atom is 0.415 e. The minimum Gasteiger partial charge on any atom is -0.488 e. The molecule has 10 nitrogen and oxygen atoms in total. The van der Waals surface area contributed by atoms with Crippen LogP contribution in [0.15, 0.2) is 18.2 Å². The van der Waals surface area contributed by atoms with Gasteiger partial charge in [0.2, 0.25) is 0 Å². The van der Waals surface area contributed by atoms with Crippen LogP contribution < -0.4 is 30.7 Å². The number of amides is 2. The van der Waals surface area contributed by atoms with E-state index in [4.69, 9.17) is 19.9 Å². The summed E-state index contributed by atoms with van der Waals surface area (Å²) in [6, 6.07) is 4.43. The molecule has 1 saturated carbocycles. The third-order valence-electron chi connectivity index (χ3n) is 7.47. The Kier molecular flexibility index (Phi) is 6.31. The SMILES string of the molecule is NC1(COc2cc(F)c3c(c2F)CC(CNCCC2CN(c4ccc5c(n4)NC(=O)CO5)C(=O)O2)C3)CC1. The first-order valence-electron chi connectivity index (χ1n) is 12.8. The van der Waals surface area contributed by atoms with Crippen molar-refractivity contribution in [1.29, 1.82) is 0 Å². The van der Waals surface area contributed by atoms with Crippen LogP contribution in [-0.2, 0) is 22.4 Å². The van der Waals surface area contributed by atoms with E-state index in [-0.39, 0.29) is 42.7 Å². The summed E-state index contributed by atoms with van der Waals surface area (Å²) in [6.45, 7) is 1.57. The van der Waals surface area contributed by atoms with Gasteiger partial charge in [-0.3, -0.25) is 9.69 Å². The van der Waals surface area contributed by atoms with E-state index in [1.807, 2.05) is 0 Å². The topological polar surface area (TPSA) is 128 Å². The zero-order valence-corrected chi connectivity index (χ0v) is 20.7. The van der Waals surface area contributed by atoms with Gasteiger partial charge in [-0.25, -0.2) is 18.6 Å². The maximum absolute atomic E-state index is 15.0. The summed E-state index contributed by atoms with van der Waals surface area (Å²) in [6.07, 6.45) is 2.24. The summed E-state index contributed by atoms with van der Waals surface area (Å²) in [5.41, 5.74) is 6.38. The number of nitrogens with one attached hydrogen (secondary N) is 2. The van der Waals surface area contributed by atoms with Gasteiger partial charge in [-0.1, -0.05) is 0 Å². The fourth-order valence-electron chi connectivity index (χ4n) is 5.08. The van der Waals surface area contributed by atoms with Crippen molar-refractivity contribution in [3.05, 3.63) is 41.0 Å². The molecule has 2 unspecified atom stereocenters. The molecule has 2 aromatic rings. The normalized spacial score (nSPS) is 22.9. The van der Waals surface area contributed by atoms with E-state index in [9.17, 15) is 14.0 Å². The monoisotopic (exact) mass is 529 g/mol. The van der Waals surface area contributed by atoms with Crippen LogP contribution in [0.1, 0.15) is 30.4 Å². The fraction of sp³-hybridized carbons (Fsp3) is 0.500. The van der Waals surface area contributed by atoms with Gasteiger partial charge < -0.3 is 30.6 Å². The van der Waals surface area contributed by atoms with E-state index in [2.05, 4.69) is 15.6 Å². The highest BCUT2D eigenvalue weighted by Gasteiger charge is 2.40. The quantitative estimate of drug-likeness (QED) is 0.422. The lowest BCUT2D eigenvalue weighted by Gasteiger charge is -2.19. The number of halogens is 2. The second-order valence-corrected chi connectivity index (χ2v) is 10.5. The van der Waals surface area contributed by atoms with E-state index in [1.165, 1.54) is 4.90 Å². The van der Waals surface area contributed by atoms with E-state index >= 15 is 4.39 Å². The number of benzene rings is 1. The van der Waals surface area contributed by atoms with Crippen LogP contribution >= 0.6 is 0 Å². The molecule has 6 rings (SSSR count). The van der Waals surface area contributed by atoms with Gasteiger partial charge in [0.25, 0.3) is 5.91 Å². The van der Waals surface area contributed by atoms with Gasteiger partial charge in [0, 0.05) is 6.07 Å². The lowest BCUT2D eigenvalue weighted by atomic mass is 10.1. The molecule has 4 N–H and O–H groups in total. The molecule has 0 bridgehead atoms. The summed E-state index contributed by atoms with van der Waals surface area (Å²) in [5.74, 6) is -0.180. The van der Waals surface area contributed by atoms with Gasteiger partial charge in [0.05, 0.1) is 12.1 Å². The average molecular weight is 530 g/mol. The molecule has 2 atom stereocenters. The van der Waals surface area contributed by atoms with Crippen LogP contribution in [0.5, 0.6) is 11.5 Å². The molecule has 202 valence electrons. The predicted molar refractivity (Wildman–Crippen MR) is 132 cm³/mol. The van der Waals surface area contributed by atoms with Crippen molar-refractivity contribution < 1.29 is 32.6 Å². The lowest BCUT2D eigenvalue weighted by Crippen LogP contribution is -2.30. The highest BCUT2D eigenvalue weighted by atomic mass is 19.1. The van der Waals surface area contributed by atoms with Crippen molar-refractivity contribution in [1.82, 2.24) is 10.3 Å². The standard InChI is InChI=1S/C26H29F2N5O5/c27-18-9-20(37-13-26(29)4-5-26)23(28)17-8-14(7-16(17)18)10-30-6-3-15-11-33(25(35)38-15)21-2-1-19-24(31-21)32-22(34)12-36-19/h1-2,9,14-15,30H,3-8,10-13,29H2,(H,31,32,34). The van der Waals surface area contributed by atoms with Crippen LogP contribution in [-0.4, -0.2) is 61.5 Å². The first-order chi connectivity index (χ1) is 18.3. The Labute approximate surface area is 217 Å². The average Bonchev–Trinajstić information content (AvgIpc) is 3.30. The molecule has 0 radical (unpaired) electrons. The van der Waals surface area contributed by atoms with Crippen molar-refractivity contribution >= 4 is 23.6 Å². The maximum atomic E-state index is 15.0. The van der Waals surface area contributed by atoms with Crippen molar-refractivity contribution in [2.24, 2.45) is 11.7 Å². The molecule has 12 heteroatoms. The van der Waals surface area contributed by atoms with Gasteiger partial charge in [-0.15, -0.1) is 0 Å². The number of carbonyl (C=O) groups is 2. The van der Waals surface area contributed by atoms with Gasteiger partial charge in [0.15, 0.2) is 29.7 Å². The number of pyridine rings is 1. The molecule has 3 heterocycles. The molecule has 1 aromatic carbocycles. The summed E-state index contributed by atoms with van der Waals surface area (Å²) in [4.78, 5) is 29.7. The number of anilines is 2. The number of rotatable bonds is 9. The molecule has 2 aliphatic carbocycles. The third kappa shape index (κ3) is 4.97. The molecular formula is C26H29F2N5O5. The second kappa shape index (κ2) is 9.66. The van der Waals surface area contributed by atoms with Gasteiger partial charge >= 0.3 is 6.09 Å². The first kappa shape index (κ1) is 24.8. The van der Waals surface area contributed by atoms with E-state index in [0.29, 0.717) is 61.6 Å². The molecule has 2 amide bonds. The first-order valence-corrected chi connectivity index (χ1v) is 12.8. The number of nitrogens with two attached hydrogens (primary N) is 1. The largest absolute Gasteiger partial charge is 0.488 e. The van der Waals surface area contributed by atoms with E-state index in [0.717, 1.165) is 18.9 Å². The molecule has 2 aliphatic heterocycles. The van der Waals surface area contributed by atoms with Crippen molar-refractivity contribution in [3.8, 4) is 11.5 Å². The Morgan fingerprint density at radius 3 is 2.87 bits per heavy atom. The number of nitrogens with zero attached hydrogens (tertiary/aromatic N) is 2. The Morgan fingerprint density at radius 1 is 1.24 bits per heavy atom. The number of ether oxygens (including phenoxy) is 3. The Balaban J connectivity index is 0.981. The molecule has 0 spiro atoms. The van der Waals surface area contributed by atoms with E-state index < -0.39 is 23.3 Å². The number of carbonyl (C=O) groups excluding carboxylic acids is 2. The van der Waals surface area contributed by atoms with Crippen LogP contribution in [0.3, 0.4) is 0 Å². The third-order valence-corrected chi connectivity index (χ3v) is 7.47. The molecule has 38 heavy (non-hydrogen) atoms. The molecule has 4 aliphatic rings. The Bertz CT molecular complexity index is 1290. The number of fused-ring (bicyclic) bond motifs is 2. The van der Waals surface area contributed by atoms with Crippen LogP contribution in [0, 0.1) is 17.6 Å². The highest BCUT2D eigenvalue weighted by Crippen LogP contribution is 2.38. The number of aromatic nitrogens is 1. The zero-order chi connectivity index (χ0) is 26.4. The zero-order valence-electron chi connectivity index (χ0n) is 20.7. The summed E-state index contributed by atoms with van der Waals surface area (Å²) in [7, 11) is 0. The van der Waals surface area contributed by atoms with Crippen LogP contribution in [0.25, 0.3) is 0 Å². The van der Waals surface area contributed by atoms with E-state index in [1.54, 1.807) is 12.1 Å². The van der Waals surface area contributed by atoms with Gasteiger partial charge in [-0.2, -0.15) is 0 Å². The summed E-state index contributed by atoms with van der Waals surface area (Å²) in [5, 5.41) is 5.96. The second-order valence-electron chi connectivity index (χ2n) is 10.5. The molecule has 1 aromatic heterocycles. The van der Waals surface area contributed by atoms with Crippen molar-refractivity contribution in [3.63, 3.8) is 0 Å². The molecule has 2 fully saturated rings. The number of cyclic esters (lactones) is 1. The predicted octanol–water partition coefficient (Wildman–Crippen LogP) is 2.28. The molecule has 1 saturated heterocycles. The van der Waals surface area contributed by atoms with Crippen LogP contribution in [0.4, 0.5) is 25.2 Å². The van der Waals surface area contributed by atoms with Crippen LogP contribution in [0.2, 0.25) is 0 Å². The smallest absolute Gasteiger partial charge is 0.415 e. The summed E-state index contributed by atoms with van der Waals surface area (Å²) >= 11 is 0. The summed E-state index contributed by atoms with van der Waals surface area (Å²) < 4.78 is 46.0. The fourth-order valence-corrected chi connectivity index (χ4v) is 5.08. The molecular weight excluding hydrogens is 500 g/mol. The van der Waals surface area contributed by atoms with Gasteiger partial charge in [-0.05, 0) is 74.4 Å². The van der Waals surface area contributed by atoms with Gasteiger partial charge in [0.1, 0.15) is 24.3 Å². The minimum absolute atomic E-state index is 0.0493. The Hall–Kier alpha value is -3.51. The minimum atomic E-state index is -0.511.